The molecule has 1 aliphatic heterocycles. The van der Waals surface area contributed by atoms with E-state index in [-0.39, 0.29) is 0 Å². The fourth-order valence-electron chi connectivity index (χ4n) is 7.02. The molecule has 2 amide bonds. The van der Waals surface area contributed by atoms with Crippen molar-refractivity contribution in [3.8, 4) is 0 Å². The number of rotatable bonds is 38. The molecular formula is C44H82N2O8. The van der Waals surface area contributed by atoms with Crippen LogP contribution in [0.15, 0.2) is 11.5 Å². The molecule has 0 saturated heterocycles. The number of hydrogen-bond acceptors (Lipinski definition) is 8. The van der Waals surface area contributed by atoms with Gasteiger partial charge in [-0.3, -0.25) is 0 Å². The number of alkyl carbamates (subject to hydrolysis) is 2. The second-order valence-electron chi connectivity index (χ2n) is 15.6. The average molecular weight is 767 g/mol. The van der Waals surface area contributed by atoms with Gasteiger partial charge in [-0.15, -0.1) is 0 Å². The number of nitrogens with one attached hydrogen (secondary N) is 2. The van der Waals surface area contributed by atoms with E-state index < -0.39 is 48.5 Å². The number of esters is 1. The molecule has 10 nitrogen and oxygen atoms in total. The Hall–Kier alpha value is -2.65. The van der Waals surface area contributed by atoms with Crippen LogP contribution in [-0.4, -0.2) is 60.3 Å². The Morgan fingerprint density at radius 3 is 1.17 bits per heavy atom. The topological polar surface area (TPSA) is 143 Å². The lowest BCUT2D eigenvalue weighted by atomic mass is 10.0. The van der Waals surface area contributed by atoms with E-state index in [0.717, 1.165) is 38.5 Å². The normalized spacial score (nSPS) is 14.6. The van der Waals surface area contributed by atoms with E-state index in [9.17, 15) is 24.6 Å². The first kappa shape index (κ1) is 49.4. The largest absolute Gasteiger partial charge is 0.505 e. The smallest absolute Gasteiger partial charge is 0.407 e. The predicted octanol–water partition coefficient (Wildman–Crippen LogP) is 12.6. The van der Waals surface area contributed by atoms with Crippen molar-refractivity contribution in [2.75, 3.05) is 19.7 Å². The van der Waals surface area contributed by atoms with Crippen LogP contribution in [0, 0.1) is 0 Å². The molecule has 1 heterocycles. The molecule has 54 heavy (non-hydrogen) atoms. The highest BCUT2D eigenvalue weighted by Gasteiger charge is 2.42. The molecule has 0 fully saturated rings. The van der Waals surface area contributed by atoms with Gasteiger partial charge in [0.2, 0.25) is 11.9 Å². The highest BCUT2D eigenvalue weighted by molar-refractivity contribution is 5.89. The molecule has 0 aromatic carbocycles. The maximum atomic E-state index is 12.5. The van der Waals surface area contributed by atoms with Crippen LogP contribution in [0.5, 0.6) is 0 Å². The van der Waals surface area contributed by atoms with Gasteiger partial charge in [0, 0.05) is 13.1 Å². The summed E-state index contributed by atoms with van der Waals surface area (Å²) in [5.41, 5.74) is 0. The lowest BCUT2D eigenvalue weighted by Gasteiger charge is -2.22. The summed E-state index contributed by atoms with van der Waals surface area (Å²) in [6.07, 6.45) is 36.3. The van der Waals surface area contributed by atoms with Gasteiger partial charge in [-0.2, -0.15) is 0 Å². The number of ether oxygens (including phenoxy) is 3. The Kier molecular flexibility index (Phi) is 32.9. The van der Waals surface area contributed by atoms with Crippen molar-refractivity contribution >= 4 is 18.2 Å². The first-order valence-corrected chi connectivity index (χ1v) is 22.6. The van der Waals surface area contributed by atoms with Crippen LogP contribution in [0.3, 0.4) is 0 Å². The highest BCUT2D eigenvalue weighted by Crippen LogP contribution is 2.24. The lowest BCUT2D eigenvalue weighted by Crippen LogP contribution is -2.41. The van der Waals surface area contributed by atoms with Crippen LogP contribution in [-0.2, 0) is 19.0 Å². The number of unbranched alkanes of at least 4 members (excludes halogenated alkanes) is 30. The minimum atomic E-state index is -1.47. The summed E-state index contributed by atoms with van der Waals surface area (Å²) in [4.78, 5) is 36.7. The van der Waals surface area contributed by atoms with Crippen LogP contribution in [0.2, 0.25) is 0 Å². The third-order valence-corrected chi connectivity index (χ3v) is 10.5. The van der Waals surface area contributed by atoms with Crippen molar-refractivity contribution < 1.29 is 38.8 Å². The lowest BCUT2D eigenvalue weighted by molar-refractivity contribution is -0.147. The molecule has 0 aromatic rings. The molecule has 0 bridgehead atoms. The van der Waals surface area contributed by atoms with Gasteiger partial charge < -0.3 is 35.1 Å². The molecular weight excluding hydrogens is 684 g/mol. The SMILES string of the molecule is CCCCCCCCCCCCCCCCCCNC(=O)OCC(OC(=O)NCCCCCCCCCCCCCCCCCC)C1OC(=O)C(O)=C1O. The van der Waals surface area contributed by atoms with E-state index in [1.54, 1.807) is 0 Å². The standard InChI is InChI=1S/C44H82N2O8/c1-3-5-7-9-11-13-15-17-19-21-23-25-27-29-31-33-35-45-43(50)52-37-38(41-39(47)40(48)42(49)54-41)53-44(51)46-36-34-32-30-28-26-24-22-20-18-16-14-12-10-8-6-4-2/h38,41,47-48H,3-37H2,1-2H3,(H,45,50)(H,46,51). The summed E-state index contributed by atoms with van der Waals surface area (Å²) in [5.74, 6) is -2.84. The summed E-state index contributed by atoms with van der Waals surface area (Å²) < 4.78 is 15.6. The van der Waals surface area contributed by atoms with Crippen molar-refractivity contribution in [1.82, 2.24) is 10.6 Å². The number of carbonyl (C=O) groups is 3. The Morgan fingerprint density at radius 2 is 0.852 bits per heavy atom. The van der Waals surface area contributed by atoms with Crippen molar-refractivity contribution in [2.24, 2.45) is 0 Å². The van der Waals surface area contributed by atoms with Gasteiger partial charge in [0.25, 0.3) is 0 Å². The maximum absolute atomic E-state index is 12.5. The van der Waals surface area contributed by atoms with Crippen molar-refractivity contribution in [3.63, 3.8) is 0 Å². The van der Waals surface area contributed by atoms with E-state index >= 15 is 0 Å². The molecule has 10 heteroatoms. The molecule has 4 N–H and O–H groups in total. The van der Waals surface area contributed by atoms with Gasteiger partial charge in [0.1, 0.15) is 6.61 Å². The third-order valence-electron chi connectivity index (χ3n) is 10.5. The third kappa shape index (κ3) is 27.9. The van der Waals surface area contributed by atoms with Gasteiger partial charge in [0.15, 0.2) is 11.9 Å². The Balaban J connectivity index is 2.12. The monoisotopic (exact) mass is 767 g/mol. The Labute approximate surface area is 329 Å². The molecule has 0 aromatic heterocycles. The van der Waals surface area contributed by atoms with Crippen LogP contribution in [0.4, 0.5) is 9.59 Å². The summed E-state index contributed by atoms with van der Waals surface area (Å²) in [7, 11) is 0. The molecule has 0 aliphatic carbocycles. The van der Waals surface area contributed by atoms with Gasteiger partial charge in [-0.05, 0) is 12.8 Å². The zero-order valence-corrected chi connectivity index (χ0v) is 34.7. The van der Waals surface area contributed by atoms with Crippen LogP contribution < -0.4 is 10.6 Å². The number of aliphatic hydroxyl groups is 2. The number of amides is 2. The predicted molar refractivity (Wildman–Crippen MR) is 219 cm³/mol. The first-order valence-electron chi connectivity index (χ1n) is 22.6. The first-order chi connectivity index (χ1) is 26.4. The summed E-state index contributed by atoms with van der Waals surface area (Å²) in [6.45, 7) is 4.91. The zero-order valence-electron chi connectivity index (χ0n) is 34.7. The summed E-state index contributed by atoms with van der Waals surface area (Å²) >= 11 is 0. The summed E-state index contributed by atoms with van der Waals surface area (Å²) in [6, 6.07) is 0. The van der Waals surface area contributed by atoms with E-state index in [1.807, 2.05) is 0 Å². The van der Waals surface area contributed by atoms with E-state index in [1.165, 1.54) is 167 Å². The Bertz CT molecular complexity index is 959. The second kappa shape index (κ2) is 36.0. The van der Waals surface area contributed by atoms with Crippen molar-refractivity contribution in [1.29, 1.82) is 0 Å². The minimum absolute atomic E-state index is 0.405. The molecule has 0 saturated carbocycles. The highest BCUT2D eigenvalue weighted by atomic mass is 16.6. The average Bonchev–Trinajstić information content (AvgIpc) is 3.42. The summed E-state index contributed by atoms with van der Waals surface area (Å²) in [5, 5.41) is 25.3. The van der Waals surface area contributed by atoms with Crippen LogP contribution >= 0.6 is 0 Å². The van der Waals surface area contributed by atoms with E-state index in [2.05, 4.69) is 24.5 Å². The van der Waals surface area contributed by atoms with Gasteiger partial charge in [-0.1, -0.05) is 206 Å². The minimum Gasteiger partial charge on any atom is -0.505 e. The van der Waals surface area contributed by atoms with Crippen molar-refractivity contribution in [2.45, 2.75) is 232 Å². The molecule has 0 spiro atoms. The quantitative estimate of drug-likeness (QED) is 0.0276. The fraction of sp³-hybridized carbons (Fsp3) is 0.886. The van der Waals surface area contributed by atoms with E-state index in [4.69, 9.17) is 14.2 Å². The van der Waals surface area contributed by atoms with Crippen molar-refractivity contribution in [3.05, 3.63) is 11.5 Å². The number of cyclic esters (lactones) is 1. The molecule has 2 unspecified atom stereocenters. The number of carbonyl (C=O) groups excluding carboxylic acids is 3. The van der Waals surface area contributed by atoms with Gasteiger partial charge in [0.05, 0.1) is 0 Å². The zero-order chi connectivity index (χ0) is 39.3. The number of aliphatic hydroxyl groups excluding tert-OH is 2. The number of hydrogen-bond donors (Lipinski definition) is 4. The second-order valence-corrected chi connectivity index (χ2v) is 15.6. The van der Waals surface area contributed by atoms with E-state index in [0.29, 0.717) is 13.1 Å². The molecule has 2 atom stereocenters. The van der Waals surface area contributed by atoms with Crippen LogP contribution in [0.1, 0.15) is 219 Å². The van der Waals surface area contributed by atoms with Crippen LogP contribution in [0.25, 0.3) is 0 Å². The molecule has 0 radical (unpaired) electrons. The van der Waals surface area contributed by atoms with Gasteiger partial charge >= 0.3 is 18.2 Å². The molecule has 316 valence electrons. The van der Waals surface area contributed by atoms with Gasteiger partial charge in [-0.25, -0.2) is 14.4 Å². The molecule has 1 rings (SSSR count). The molecule has 1 aliphatic rings. The Morgan fingerprint density at radius 1 is 0.537 bits per heavy atom. The fourth-order valence-corrected chi connectivity index (χ4v) is 7.02. The maximum Gasteiger partial charge on any atom is 0.407 e.